The van der Waals surface area contributed by atoms with Crippen molar-refractivity contribution >= 4 is 22.6 Å². The third-order valence-electron chi connectivity index (χ3n) is 1.89. The normalized spacial score (nSPS) is 10.9. The van der Waals surface area contributed by atoms with Crippen LogP contribution in [0, 0.1) is 3.57 Å². The van der Waals surface area contributed by atoms with Crippen molar-refractivity contribution in [3.8, 4) is 5.82 Å². The van der Waals surface area contributed by atoms with Gasteiger partial charge in [0.15, 0.2) is 11.6 Å². The van der Waals surface area contributed by atoms with E-state index in [0.29, 0.717) is 5.92 Å². The lowest BCUT2D eigenvalue weighted by Crippen LogP contribution is -2.02. The van der Waals surface area contributed by atoms with Crippen molar-refractivity contribution in [1.29, 1.82) is 0 Å². The smallest absolute Gasteiger partial charge is 0.171 e. The van der Waals surface area contributed by atoms with Gasteiger partial charge in [-0.25, -0.2) is 19.6 Å². The van der Waals surface area contributed by atoms with Gasteiger partial charge in [-0.2, -0.15) is 0 Å². The molecule has 15 heavy (non-hydrogen) atoms. The summed E-state index contributed by atoms with van der Waals surface area (Å²) in [6, 6.07) is 0. The van der Waals surface area contributed by atoms with E-state index in [2.05, 4.69) is 56.5 Å². The molecule has 0 unspecified atom stereocenters. The molecule has 2 rings (SSSR count). The molecule has 0 aliphatic carbocycles. The molecule has 0 N–H and O–H groups in total. The van der Waals surface area contributed by atoms with Crippen LogP contribution in [0.2, 0.25) is 0 Å². The van der Waals surface area contributed by atoms with Crippen LogP contribution in [0.4, 0.5) is 0 Å². The summed E-state index contributed by atoms with van der Waals surface area (Å²) in [6.07, 6.45) is 4.94. The summed E-state index contributed by atoms with van der Waals surface area (Å²) in [5, 5.41) is 4.35. The van der Waals surface area contributed by atoms with E-state index < -0.39 is 0 Å². The van der Waals surface area contributed by atoms with E-state index in [1.807, 2.05) is 0 Å². The molecule has 0 spiro atoms. The Balaban J connectivity index is 2.42. The fraction of sp³-hybridized carbons (Fsp3) is 0.333. The molecule has 2 aromatic heterocycles. The van der Waals surface area contributed by atoms with E-state index in [9.17, 15) is 0 Å². The third-order valence-corrected chi connectivity index (χ3v) is 2.65. The molecule has 6 heteroatoms. The van der Waals surface area contributed by atoms with Crippen LogP contribution in [0.5, 0.6) is 0 Å². The lowest BCUT2D eigenvalue weighted by Gasteiger charge is -2.00. The second-order valence-electron chi connectivity index (χ2n) is 3.40. The summed E-state index contributed by atoms with van der Waals surface area (Å²) in [6.45, 7) is 4.12. The molecule has 5 nitrogen and oxygen atoms in total. The van der Waals surface area contributed by atoms with Gasteiger partial charge in [-0.3, -0.25) is 0 Å². The number of rotatable bonds is 2. The molecule has 2 heterocycles. The number of hydrogen-bond donors (Lipinski definition) is 0. The van der Waals surface area contributed by atoms with Crippen LogP contribution >= 0.6 is 22.6 Å². The second-order valence-corrected chi connectivity index (χ2v) is 4.56. The number of nitrogens with zero attached hydrogens (tertiary/aromatic N) is 5. The average Bonchev–Trinajstić information content (AvgIpc) is 2.67. The first-order valence-electron chi connectivity index (χ1n) is 4.56. The molecule has 0 radical (unpaired) electrons. The third kappa shape index (κ3) is 2.14. The van der Waals surface area contributed by atoms with Crippen LogP contribution in [0.1, 0.15) is 25.6 Å². The van der Waals surface area contributed by atoms with Crippen LogP contribution in [-0.4, -0.2) is 24.7 Å². The summed E-state index contributed by atoms with van der Waals surface area (Å²) < 4.78 is 2.63. The highest BCUT2D eigenvalue weighted by molar-refractivity contribution is 14.1. The second kappa shape index (κ2) is 4.21. The molecule has 0 aliphatic heterocycles. The molecule has 2 aromatic rings. The van der Waals surface area contributed by atoms with Crippen molar-refractivity contribution in [2.24, 2.45) is 0 Å². The van der Waals surface area contributed by atoms with Gasteiger partial charge in [-0.05, 0) is 22.6 Å². The molecule has 0 saturated carbocycles. The van der Waals surface area contributed by atoms with Crippen molar-refractivity contribution < 1.29 is 0 Å². The number of aromatic nitrogens is 5. The van der Waals surface area contributed by atoms with Gasteiger partial charge in [-0.15, -0.1) is 5.10 Å². The van der Waals surface area contributed by atoms with E-state index in [4.69, 9.17) is 0 Å². The Morgan fingerprint density at radius 1 is 1.33 bits per heavy atom. The number of hydrogen-bond acceptors (Lipinski definition) is 4. The maximum absolute atomic E-state index is 4.35. The number of halogens is 1. The van der Waals surface area contributed by atoms with E-state index in [1.165, 1.54) is 6.33 Å². The van der Waals surface area contributed by atoms with Gasteiger partial charge in [0.1, 0.15) is 12.7 Å². The fourth-order valence-electron chi connectivity index (χ4n) is 1.12. The Bertz CT molecular complexity index is 465. The molecule has 0 aliphatic rings. The molecule has 0 saturated heterocycles. The van der Waals surface area contributed by atoms with Gasteiger partial charge in [0.2, 0.25) is 0 Å². The first-order valence-corrected chi connectivity index (χ1v) is 5.64. The molecular weight excluding hydrogens is 305 g/mol. The Morgan fingerprint density at radius 3 is 2.73 bits per heavy atom. The quantitative estimate of drug-likeness (QED) is 0.793. The van der Waals surface area contributed by atoms with Gasteiger partial charge in [0, 0.05) is 12.1 Å². The monoisotopic (exact) mass is 315 g/mol. The molecule has 0 aromatic carbocycles. The zero-order valence-corrected chi connectivity index (χ0v) is 10.6. The van der Waals surface area contributed by atoms with Gasteiger partial charge < -0.3 is 0 Å². The van der Waals surface area contributed by atoms with Gasteiger partial charge in [-0.1, -0.05) is 13.8 Å². The summed E-state index contributed by atoms with van der Waals surface area (Å²) in [5.41, 5.74) is 0. The van der Waals surface area contributed by atoms with Gasteiger partial charge in [0.05, 0.1) is 3.57 Å². The summed E-state index contributed by atoms with van der Waals surface area (Å²) in [4.78, 5) is 12.3. The first-order chi connectivity index (χ1) is 7.18. The highest BCUT2D eigenvalue weighted by Gasteiger charge is 2.09. The lowest BCUT2D eigenvalue weighted by atomic mass is 10.2. The van der Waals surface area contributed by atoms with Crippen molar-refractivity contribution in [1.82, 2.24) is 24.7 Å². The molecule has 0 bridgehead atoms. The van der Waals surface area contributed by atoms with Crippen LogP contribution in [0.15, 0.2) is 18.9 Å². The van der Waals surface area contributed by atoms with Crippen LogP contribution in [-0.2, 0) is 0 Å². The van der Waals surface area contributed by atoms with Crippen LogP contribution < -0.4 is 0 Å². The average molecular weight is 315 g/mol. The summed E-state index contributed by atoms with van der Waals surface area (Å²) in [5.74, 6) is 1.92. The zero-order chi connectivity index (χ0) is 10.8. The SMILES string of the molecule is CC(C)c1ncn(-c2ncncc2I)n1. The van der Waals surface area contributed by atoms with Crippen molar-refractivity contribution in [2.75, 3.05) is 0 Å². The molecule has 78 valence electrons. The van der Waals surface area contributed by atoms with Crippen LogP contribution in [0.25, 0.3) is 5.82 Å². The predicted molar refractivity (Wildman–Crippen MR) is 63.8 cm³/mol. The van der Waals surface area contributed by atoms with E-state index in [0.717, 1.165) is 15.2 Å². The molecule has 0 amide bonds. The first kappa shape index (κ1) is 10.5. The Morgan fingerprint density at radius 2 is 2.13 bits per heavy atom. The van der Waals surface area contributed by atoms with E-state index in [-0.39, 0.29) is 0 Å². The lowest BCUT2D eigenvalue weighted by molar-refractivity contribution is 0.743. The van der Waals surface area contributed by atoms with Gasteiger partial charge in [0.25, 0.3) is 0 Å². The maximum atomic E-state index is 4.35. The fourth-order valence-corrected chi connectivity index (χ4v) is 1.66. The minimum absolute atomic E-state index is 0.325. The highest BCUT2D eigenvalue weighted by Crippen LogP contribution is 2.13. The highest BCUT2D eigenvalue weighted by atomic mass is 127. The summed E-state index contributed by atoms with van der Waals surface area (Å²) in [7, 11) is 0. The van der Waals surface area contributed by atoms with Crippen molar-refractivity contribution in [2.45, 2.75) is 19.8 Å². The predicted octanol–water partition coefficient (Wildman–Crippen LogP) is 1.79. The molecule has 0 atom stereocenters. The van der Waals surface area contributed by atoms with Crippen molar-refractivity contribution in [3.63, 3.8) is 0 Å². The van der Waals surface area contributed by atoms with Crippen LogP contribution in [0.3, 0.4) is 0 Å². The maximum Gasteiger partial charge on any atom is 0.171 e. The standard InChI is InChI=1S/C9H10IN5/c1-6(2)8-13-5-15(14-8)9-7(10)3-11-4-12-9/h3-6H,1-2H3. The minimum atomic E-state index is 0.325. The minimum Gasteiger partial charge on any atom is -0.244 e. The zero-order valence-electron chi connectivity index (χ0n) is 8.42. The largest absolute Gasteiger partial charge is 0.244 e. The van der Waals surface area contributed by atoms with E-state index >= 15 is 0 Å². The topological polar surface area (TPSA) is 56.5 Å². The van der Waals surface area contributed by atoms with E-state index in [1.54, 1.807) is 17.2 Å². The summed E-state index contributed by atoms with van der Waals surface area (Å²) >= 11 is 2.18. The molecular formula is C9H10IN5. The Kier molecular flexibility index (Phi) is 2.94. The Labute approximate surface area is 101 Å². The van der Waals surface area contributed by atoms with Crippen molar-refractivity contribution in [3.05, 3.63) is 28.2 Å². The Hall–Kier alpha value is -1.05. The van der Waals surface area contributed by atoms with Gasteiger partial charge >= 0.3 is 0 Å². The molecule has 0 fully saturated rings.